The van der Waals surface area contributed by atoms with Gasteiger partial charge in [-0.05, 0) is 50.2 Å². The van der Waals surface area contributed by atoms with Crippen LogP contribution in [0.2, 0.25) is 0 Å². The number of carbonyl (C=O) groups excluding carboxylic acids is 2. The van der Waals surface area contributed by atoms with Crippen LogP contribution in [0.25, 0.3) is 11.0 Å². The van der Waals surface area contributed by atoms with Crippen LogP contribution in [-0.4, -0.2) is 39.5 Å². The van der Waals surface area contributed by atoms with E-state index in [1.165, 1.54) is 12.1 Å². The van der Waals surface area contributed by atoms with Crippen molar-refractivity contribution in [3.63, 3.8) is 0 Å². The summed E-state index contributed by atoms with van der Waals surface area (Å²) in [4.78, 5) is 24.1. The average Bonchev–Trinajstić information content (AvgIpc) is 3.09. The van der Waals surface area contributed by atoms with Gasteiger partial charge in [-0.2, -0.15) is 13.2 Å². The summed E-state index contributed by atoms with van der Waals surface area (Å²) in [6.45, 7) is 4.18. The zero-order chi connectivity index (χ0) is 22.6. The van der Waals surface area contributed by atoms with Crippen molar-refractivity contribution < 1.29 is 22.8 Å². The number of nitrogens with zero attached hydrogens (tertiary/aromatic N) is 3. The summed E-state index contributed by atoms with van der Waals surface area (Å²) >= 11 is 0. The Hall–Kier alpha value is -3.63. The van der Waals surface area contributed by atoms with Crippen LogP contribution in [0.5, 0.6) is 0 Å². The van der Waals surface area contributed by atoms with Gasteiger partial charge >= 0.3 is 12.2 Å². The molecule has 164 valence electrons. The van der Waals surface area contributed by atoms with E-state index in [1.807, 2.05) is 13.8 Å². The number of aromatic nitrogens is 3. The van der Waals surface area contributed by atoms with E-state index in [0.717, 1.165) is 12.1 Å². The molecule has 31 heavy (non-hydrogen) atoms. The smallest absolute Gasteiger partial charge is 0.350 e. The monoisotopic (exact) mass is 434 g/mol. The molecule has 8 nitrogen and oxygen atoms in total. The molecule has 3 rings (SSSR count). The van der Waals surface area contributed by atoms with Crippen molar-refractivity contribution >= 4 is 28.7 Å². The molecular weight excluding hydrogens is 413 g/mol. The second kappa shape index (κ2) is 9.02. The highest BCUT2D eigenvalue weighted by Crippen LogP contribution is 2.30. The molecule has 11 heteroatoms. The quantitative estimate of drug-likeness (QED) is 0.554. The van der Waals surface area contributed by atoms with Gasteiger partial charge < -0.3 is 16.0 Å². The highest BCUT2D eigenvalue weighted by Gasteiger charge is 2.30. The molecule has 3 N–H and O–H groups in total. The summed E-state index contributed by atoms with van der Waals surface area (Å²) in [6.07, 6.45) is -4.49. The third-order valence-corrected chi connectivity index (χ3v) is 4.25. The van der Waals surface area contributed by atoms with Crippen LogP contribution in [-0.2, 0) is 12.7 Å². The molecule has 1 heterocycles. The third-order valence-electron chi connectivity index (χ3n) is 4.25. The molecule has 0 saturated heterocycles. The number of benzene rings is 2. The van der Waals surface area contributed by atoms with Crippen molar-refractivity contribution in [1.29, 1.82) is 0 Å². The number of rotatable bonds is 6. The summed E-state index contributed by atoms with van der Waals surface area (Å²) in [5.74, 6) is -0.209. The van der Waals surface area contributed by atoms with Gasteiger partial charge in [0.25, 0.3) is 5.91 Å². The van der Waals surface area contributed by atoms with Crippen LogP contribution >= 0.6 is 0 Å². The fourth-order valence-electron chi connectivity index (χ4n) is 2.85. The van der Waals surface area contributed by atoms with Crippen molar-refractivity contribution in [2.75, 3.05) is 11.9 Å². The second-order valence-corrected chi connectivity index (χ2v) is 7.10. The molecule has 0 spiro atoms. The lowest BCUT2D eigenvalue weighted by Gasteiger charge is -2.11. The first-order valence-electron chi connectivity index (χ1n) is 9.49. The zero-order valence-corrected chi connectivity index (χ0v) is 16.8. The molecule has 0 saturated carbocycles. The lowest BCUT2D eigenvalue weighted by molar-refractivity contribution is -0.137. The lowest BCUT2D eigenvalue weighted by atomic mass is 10.2. The molecule has 0 fully saturated rings. The molecule has 2 aromatic carbocycles. The predicted molar refractivity (Wildman–Crippen MR) is 109 cm³/mol. The van der Waals surface area contributed by atoms with E-state index in [4.69, 9.17) is 0 Å². The Bertz CT molecular complexity index is 1090. The first kappa shape index (κ1) is 22.1. The third kappa shape index (κ3) is 5.71. The Balaban J connectivity index is 1.57. The molecule has 0 aliphatic carbocycles. The van der Waals surface area contributed by atoms with Crippen LogP contribution in [0.15, 0.2) is 42.5 Å². The van der Waals surface area contributed by atoms with Crippen molar-refractivity contribution in [3.8, 4) is 0 Å². The van der Waals surface area contributed by atoms with E-state index in [9.17, 15) is 22.8 Å². The minimum absolute atomic E-state index is 0.00652. The van der Waals surface area contributed by atoms with Crippen molar-refractivity contribution in [3.05, 3.63) is 53.6 Å². The fourth-order valence-corrected chi connectivity index (χ4v) is 2.85. The van der Waals surface area contributed by atoms with Gasteiger partial charge in [-0.3, -0.25) is 4.79 Å². The molecule has 0 unspecified atom stereocenters. The number of halogens is 3. The Kier molecular flexibility index (Phi) is 6.42. The minimum Gasteiger partial charge on any atom is -0.350 e. The fraction of sp³-hybridized carbons (Fsp3) is 0.300. The zero-order valence-electron chi connectivity index (χ0n) is 16.8. The van der Waals surface area contributed by atoms with Gasteiger partial charge in [-0.15, -0.1) is 5.10 Å². The molecule has 0 bridgehead atoms. The van der Waals surface area contributed by atoms with Crippen LogP contribution in [0.4, 0.5) is 23.7 Å². The number of carbonyl (C=O) groups is 2. The maximum Gasteiger partial charge on any atom is 0.416 e. The molecule has 0 aliphatic heterocycles. The predicted octanol–water partition coefficient (Wildman–Crippen LogP) is 3.41. The second-order valence-electron chi connectivity index (χ2n) is 7.10. The van der Waals surface area contributed by atoms with Crippen molar-refractivity contribution in [2.45, 2.75) is 32.6 Å². The molecular formula is C20H21F3N6O2. The largest absolute Gasteiger partial charge is 0.416 e. The molecule has 3 amide bonds. The van der Waals surface area contributed by atoms with Crippen molar-refractivity contribution in [2.24, 2.45) is 0 Å². The van der Waals surface area contributed by atoms with Crippen LogP contribution < -0.4 is 16.0 Å². The number of amides is 3. The lowest BCUT2D eigenvalue weighted by Crippen LogP contribution is -2.31. The van der Waals surface area contributed by atoms with Gasteiger partial charge in [0.15, 0.2) is 0 Å². The summed E-state index contributed by atoms with van der Waals surface area (Å²) in [6, 6.07) is 8.74. The number of hydrogen-bond donors (Lipinski definition) is 3. The standard InChI is InChI=1S/C20H21F3N6O2/c1-12(2)25-18(30)13-6-7-17-16(10-13)27-28-29(17)9-8-24-19(31)26-15-5-3-4-14(11-15)20(21,22)23/h3-7,10-12H,8-9H2,1-2H3,(H,25,30)(H2,24,26,31). The summed E-state index contributed by atoms with van der Waals surface area (Å²) in [5.41, 5.74) is 0.865. The Morgan fingerprint density at radius 2 is 1.90 bits per heavy atom. The van der Waals surface area contributed by atoms with E-state index in [1.54, 1.807) is 22.9 Å². The number of fused-ring (bicyclic) bond motifs is 1. The molecule has 0 atom stereocenters. The normalized spacial score (nSPS) is 11.5. The number of anilines is 1. The molecule has 0 radical (unpaired) electrons. The van der Waals surface area contributed by atoms with E-state index in [-0.39, 0.29) is 30.7 Å². The van der Waals surface area contributed by atoms with Gasteiger partial charge in [0.05, 0.1) is 17.6 Å². The maximum absolute atomic E-state index is 12.8. The topological polar surface area (TPSA) is 101 Å². The molecule has 1 aromatic heterocycles. The highest BCUT2D eigenvalue weighted by molar-refractivity contribution is 5.97. The van der Waals surface area contributed by atoms with Gasteiger partial charge in [-0.25, -0.2) is 9.48 Å². The summed E-state index contributed by atoms with van der Waals surface area (Å²) in [7, 11) is 0. The van der Waals surface area contributed by atoms with Crippen LogP contribution in [0.1, 0.15) is 29.8 Å². The first-order chi connectivity index (χ1) is 14.6. The van der Waals surface area contributed by atoms with E-state index < -0.39 is 17.8 Å². The molecule has 0 aliphatic rings. The van der Waals surface area contributed by atoms with Gasteiger partial charge in [0.1, 0.15) is 5.52 Å². The number of alkyl halides is 3. The van der Waals surface area contributed by atoms with E-state index in [0.29, 0.717) is 16.6 Å². The van der Waals surface area contributed by atoms with Crippen LogP contribution in [0.3, 0.4) is 0 Å². The van der Waals surface area contributed by atoms with E-state index >= 15 is 0 Å². The number of hydrogen-bond acceptors (Lipinski definition) is 4. The minimum atomic E-state index is -4.49. The Labute approximate surface area is 175 Å². The summed E-state index contributed by atoms with van der Waals surface area (Å²) in [5, 5.41) is 15.8. The summed E-state index contributed by atoms with van der Waals surface area (Å²) < 4.78 is 39.8. The molecule has 3 aromatic rings. The number of nitrogens with one attached hydrogen (secondary N) is 3. The number of urea groups is 1. The highest BCUT2D eigenvalue weighted by atomic mass is 19.4. The van der Waals surface area contributed by atoms with E-state index in [2.05, 4.69) is 26.3 Å². The van der Waals surface area contributed by atoms with Gasteiger partial charge in [0, 0.05) is 23.8 Å². The Morgan fingerprint density at radius 3 is 2.61 bits per heavy atom. The Morgan fingerprint density at radius 1 is 1.13 bits per heavy atom. The van der Waals surface area contributed by atoms with Crippen molar-refractivity contribution in [1.82, 2.24) is 25.6 Å². The van der Waals surface area contributed by atoms with Crippen LogP contribution in [0, 0.1) is 0 Å². The maximum atomic E-state index is 12.8. The average molecular weight is 434 g/mol. The van der Waals surface area contributed by atoms with Gasteiger partial charge in [0.2, 0.25) is 0 Å². The first-order valence-corrected chi connectivity index (χ1v) is 9.49. The SMILES string of the molecule is CC(C)NC(=O)c1ccc2c(c1)nnn2CCNC(=O)Nc1cccc(C(F)(F)F)c1. The van der Waals surface area contributed by atoms with Gasteiger partial charge in [-0.1, -0.05) is 11.3 Å².